The minimum Gasteiger partial charge on any atom is -0.508 e. The molecule has 0 bridgehead atoms. The number of phenols is 1. The van der Waals surface area contributed by atoms with Gasteiger partial charge in [0.25, 0.3) is 0 Å². The lowest BCUT2D eigenvalue weighted by Crippen LogP contribution is -2.48. The van der Waals surface area contributed by atoms with Crippen LogP contribution in [0.15, 0.2) is 54.6 Å². The molecule has 0 spiro atoms. The largest absolute Gasteiger partial charge is 0.508 e. The average Bonchev–Trinajstić information content (AvgIpc) is 2.88. The highest BCUT2D eigenvalue weighted by Crippen LogP contribution is 2.11. The van der Waals surface area contributed by atoms with Gasteiger partial charge in [0.05, 0.1) is 6.04 Å². The Kier molecular flexibility index (Phi) is 12.6. The zero-order chi connectivity index (χ0) is 27.0. The molecule has 0 unspecified atom stereocenters. The highest BCUT2D eigenvalue weighted by molar-refractivity contribution is 5.88. The first-order valence-corrected chi connectivity index (χ1v) is 12.5. The van der Waals surface area contributed by atoms with Crippen molar-refractivity contribution in [2.24, 2.45) is 5.73 Å². The molecule has 0 aliphatic carbocycles. The lowest BCUT2D eigenvalue weighted by Gasteiger charge is -2.18. The van der Waals surface area contributed by atoms with Gasteiger partial charge in [-0.3, -0.25) is 19.2 Å². The Bertz CT molecular complexity index is 1010. The Hall–Kier alpha value is -3.92. The van der Waals surface area contributed by atoms with E-state index in [0.29, 0.717) is 19.4 Å². The number of benzene rings is 2. The van der Waals surface area contributed by atoms with Crippen molar-refractivity contribution in [3.63, 3.8) is 0 Å². The Morgan fingerprint density at radius 2 is 1.35 bits per heavy atom. The fourth-order valence-corrected chi connectivity index (χ4v) is 3.51. The summed E-state index contributed by atoms with van der Waals surface area (Å²) in [5.74, 6) is -1.16. The van der Waals surface area contributed by atoms with E-state index in [-0.39, 0.29) is 55.3 Å². The van der Waals surface area contributed by atoms with Gasteiger partial charge in [0.1, 0.15) is 11.8 Å². The van der Waals surface area contributed by atoms with Crippen LogP contribution >= 0.6 is 0 Å². The van der Waals surface area contributed by atoms with E-state index in [2.05, 4.69) is 21.3 Å². The first-order chi connectivity index (χ1) is 17.8. The van der Waals surface area contributed by atoms with Crippen molar-refractivity contribution in [1.29, 1.82) is 0 Å². The fraction of sp³-hybridized carbons (Fsp3) is 0.407. The molecule has 2 rings (SSSR count). The van der Waals surface area contributed by atoms with Gasteiger partial charge >= 0.3 is 0 Å². The van der Waals surface area contributed by atoms with Gasteiger partial charge in [-0.05, 0) is 36.1 Å². The van der Waals surface area contributed by atoms with Crippen molar-refractivity contribution in [2.45, 2.75) is 51.1 Å². The molecular formula is C27H37N5O5. The maximum Gasteiger partial charge on any atom is 0.242 e. The Balaban J connectivity index is 1.68. The van der Waals surface area contributed by atoms with Crippen LogP contribution in [0.1, 0.15) is 37.3 Å². The second kappa shape index (κ2) is 15.9. The quantitative estimate of drug-likeness (QED) is 0.204. The molecule has 0 saturated carbocycles. The smallest absolute Gasteiger partial charge is 0.242 e. The molecule has 37 heavy (non-hydrogen) atoms. The van der Waals surface area contributed by atoms with E-state index >= 15 is 0 Å². The third kappa shape index (κ3) is 11.6. The number of nitrogens with two attached hydrogens (primary N) is 1. The zero-order valence-corrected chi connectivity index (χ0v) is 21.2. The molecule has 0 aliphatic rings. The molecule has 0 aliphatic heterocycles. The highest BCUT2D eigenvalue weighted by Gasteiger charge is 2.21. The number of carbonyl (C=O) groups is 4. The summed E-state index contributed by atoms with van der Waals surface area (Å²) in [4.78, 5) is 49.2. The standard InChI is InChI=1S/C27H37N5O5/c1-2-14-30-27(37)23(18-19-6-4-3-5-7-19)32-25(35)13-15-29-24(34)12-16-31-26(36)22(28)17-20-8-10-21(33)11-9-20/h3-11,22-23,33H,2,12-18,28H2,1H3,(H,29,34)(H,30,37)(H,31,36)(H,32,35)/t22-,23-/m0/s1. The summed E-state index contributed by atoms with van der Waals surface area (Å²) >= 11 is 0. The van der Waals surface area contributed by atoms with Gasteiger partial charge < -0.3 is 32.1 Å². The molecule has 10 heteroatoms. The Labute approximate surface area is 217 Å². The monoisotopic (exact) mass is 511 g/mol. The molecule has 0 aromatic heterocycles. The average molecular weight is 512 g/mol. The summed E-state index contributed by atoms with van der Waals surface area (Å²) in [5, 5.41) is 20.1. The molecule has 0 fully saturated rings. The van der Waals surface area contributed by atoms with E-state index in [1.807, 2.05) is 37.3 Å². The van der Waals surface area contributed by atoms with Crippen LogP contribution in [0.5, 0.6) is 5.75 Å². The number of phenolic OH excluding ortho intramolecular Hbond substituents is 1. The van der Waals surface area contributed by atoms with E-state index in [1.165, 1.54) is 12.1 Å². The molecule has 0 radical (unpaired) electrons. The van der Waals surface area contributed by atoms with Gasteiger partial charge in [0.2, 0.25) is 23.6 Å². The molecule has 10 nitrogen and oxygen atoms in total. The molecule has 4 amide bonds. The molecular weight excluding hydrogens is 474 g/mol. The number of rotatable bonds is 15. The number of nitrogens with one attached hydrogen (secondary N) is 4. The minimum atomic E-state index is -0.783. The van der Waals surface area contributed by atoms with Crippen molar-refractivity contribution >= 4 is 23.6 Å². The molecule has 2 atom stereocenters. The van der Waals surface area contributed by atoms with E-state index in [1.54, 1.807) is 12.1 Å². The number of hydrogen-bond donors (Lipinski definition) is 6. The van der Waals surface area contributed by atoms with Crippen molar-refractivity contribution in [3.05, 3.63) is 65.7 Å². The Morgan fingerprint density at radius 3 is 2.03 bits per heavy atom. The molecule has 7 N–H and O–H groups in total. The van der Waals surface area contributed by atoms with Gasteiger partial charge in [0, 0.05) is 38.9 Å². The van der Waals surface area contributed by atoms with Gasteiger partial charge in [-0.1, -0.05) is 49.4 Å². The van der Waals surface area contributed by atoms with Crippen molar-refractivity contribution in [2.75, 3.05) is 19.6 Å². The summed E-state index contributed by atoms with van der Waals surface area (Å²) in [6.07, 6.45) is 1.50. The van der Waals surface area contributed by atoms with Crippen LogP contribution in [0.3, 0.4) is 0 Å². The molecule has 2 aromatic rings. The third-order valence-electron chi connectivity index (χ3n) is 5.54. The number of amides is 4. The van der Waals surface area contributed by atoms with Gasteiger partial charge in [0.15, 0.2) is 0 Å². The molecule has 0 saturated heterocycles. The topological polar surface area (TPSA) is 163 Å². The van der Waals surface area contributed by atoms with Crippen LogP contribution in [0.2, 0.25) is 0 Å². The predicted molar refractivity (Wildman–Crippen MR) is 140 cm³/mol. The van der Waals surface area contributed by atoms with E-state index in [4.69, 9.17) is 5.73 Å². The second-order valence-corrected chi connectivity index (χ2v) is 8.72. The summed E-state index contributed by atoms with van der Waals surface area (Å²) in [6, 6.07) is 14.4. The normalized spacial score (nSPS) is 12.2. The van der Waals surface area contributed by atoms with E-state index in [9.17, 15) is 24.3 Å². The van der Waals surface area contributed by atoms with Crippen LogP contribution in [0.4, 0.5) is 0 Å². The zero-order valence-electron chi connectivity index (χ0n) is 21.2. The summed E-state index contributed by atoms with van der Waals surface area (Å²) in [6.45, 7) is 2.68. The van der Waals surface area contributed by atoms with Crippen LogP contribution < -0.4 is 27.0 Å². The fourth-order valence-electron chi connectivity index (χ4n) is 3.51. The first kappa shape index (κ1) is 29.3. The van der Waals surface area contributed by atoms with Crippen molar-refractivity contribution < 1.29 is 24.3 Å². The van der Waals surface area contributed by atoms with Crippen molar-refractivity contribution in [1.82, 2.24) is 21.3 Å². The lowest BCUT2D eigenvalue weighted by molar-refractivity contribution is -0.129. The first-order valence-electron chi connectivity index (χ1n) is 12.5. The summed E-state index contributed by atoms with van der Waals surface area (Å²) in [7, 11) is 0. The summed E-state index contributed by atoms with van der Waals surface area (Å²) < 4.78 is 0. The number of carbonyl (C=O) groups excluding carboxylic acids is 4. The van der Waals surface area contributed by atoms with Crippen molar-refractivity contribution in [3.8, 4) is 5.75 Å². The third-order valence-corrected chi connectivity index (χ3v) is 5.54. The van der Waals surface area contributed by atoms with Crippen LogP contribution in [-0.4, -0.2) is 60.5 Å². The lowest BCUT2D eigenvalue weighted by atomic mass is 10.0. The minimum absolute atomic E-state index is 0.0158. The van der Waals surface area contributed by atoms with Gasteiger partial charge in [-0.2, -0.15) is 0 Å². The molecule has 200 valence electrons. The van der Waals surface area contributed by atoms with Crippen LogP contribution in [0.25, 0.3) is 0 Å². The molecule has 2 aromatic carbocycles. The van der Waals surface area contributed by atoms with Crippen LogP contribution in [-0.2, 0) is 32.0 Å². The predicted octanol–water partition coefficient (Wildman–Crippen LogP) is 0.528. The summed E-state index contributed by atoms with van der Waals surface area (Å²) in [5.41, 5.74) is 7.64. The number of aromatic hydroxyl groups is 1. The molecule has 0 heterocycles. The number of hydrogen-bond acceptors (Lipinski definition) is 6. The maximum absolute atomic E-state index is 12.5. The highest BCUT2D eigenvalue weighted by atomic mass is 16.3. The van der Waals surface area contributed by atoms with Gasteiger partial charge in [-0.25, -0.2) is 0 Å². The van der Waals surface area contributed by atoms with E-state index in [0.717, 1.165) is 17.5 Å². The van der Waals surface area contributed by atoms with Crippen LogP contribution in [0, 0.1) is 0 Å². The van der Waals surface area contributed by atoms with Gasteiger partial charge in [-0.15, -0.1) is 0 Å². The second-order valence-electron chi connectivity index (χ2n) is 8.72. The van der Waals surface area contributed by atoms with E-state index < -0.39 is 12.1 Å². The SMILES string of the molecule is CCCNC(=O)[C@H](Cc1ccccc1)NC(=O)CCNC(=O)CCNC(=O)[C@@H](N)Cc1ccc(O)cc1. The maximum atomic E-state index is 12.5. The Morgan fingerprint density at radius 1 is 0.757 bits per heavy atom.